The molecule has 0 spiro atoms. The molecule has 0 saturated carbocycles. The van der Waals surface area contributed by atoms with Gasteiger partial charge in [-0.05, 0) is 51.1 Å². The Morgan fingerprint density at radius 2 is 2.15 bits per heavy atom. The molecule has 0 aliphatic carbocycles. The Hall–Kier alpha value is -1.39. The van der Waals surface area contributed by atoms with Crippen molar-refractivity contribution in [1.82, 2.24) is 15.1 Å². The van der Waals surface area contributed by atoms with Crippen molar-refractivity contribution in [2.75, 3.05) is 7.05 Å². The maximum absolute atomic E-state index is 13.5. The van der Waals surface area contributed by atoms with E-state index in [0.29, 0.717) is 6.42 Å². The van der Waals surface area contributed by atoms with E-state index in [0.717, 1.165) is 23.5 Å². The molecule has 1 aromatic carbocycles. The lowest BCUT2D eigenvalue weighted by atomic mass is 10.0. The second-order valence-corrected chi connectivity index (χ2v) is 5.23. The number of likely N-dealkylation sites (N-methyl/N-ethyl adjacent to an activating group) is 1. The Kier molecular flexibility index (Phi) is 4.78. The number of halogens is 2. The van der Waals surface area contributed by atoms with Crippen LogP contribution < -0.4 is 5.32 Å². The molecule has 0 fully saturated rings. The third kappa shape index (κ3) is 3.19. The molecule has 0 aliphatic rings. The van der Waals surface area contributed by atoms with Gasteiger partial charge in [-0.3, -0.25) is 4.68 Å². The SMILES string of the molecule is CCn1nc(C)cc1C(Cc1ccc(Cl)c(F)c1)NC. The minimum Gasteiger partial charge on any atom is -0.311 e. The van der Waals surface area contributed by atoms with Crippen LogP contribution in [0.15, 0.2) is 24.3 Å². The van der Waals surface area contributed by atoms with Gasteiger partial charge in [0.2, 0.25) is 0 Å². The van der Waals surface area contributed by atoms with Crippen LogP contribution >= 0.6 is 11.6 Å². The van der Waals surface area contributed by atoms with E-state index in [4.69, 9.17) is 11.6 Å². The lowest BCUT2D eigenvalue weighted by molar-refractivity contribution is 0.511. The van der Waals surface area contributed by atoms with Crippen molar-refractivity contribution in [3.63, 3.8) is 0 Å². The smallest absolute Gasteiger partial charge is 0.142 e. The zero-order valence-corrected chi connectivity index (χ0v) is 12.7. The van der Waals surface area contributed by atoms with Crippen LogP contribution in [-0.2, 0) is 13.0 Å². The lowest BCUT2D eigenvalue weighted by Crippen LogP contribution is -2.22. The number of nitrogens with one attached hydrogen (secondary N) is 1. The Bertz CT molecular complexity index is 595. The summed E-state index contributed by atoms with van der Waals surface area (Å²) in [6.45, 7) is 4.85. The molecule has 1 N–H and O–H groups in total. The van der Waals surface area contributed by atoms with E-state index in [1.54, 1.807) is 6.07 Å². The maximum Gasteiger partial charge on any atom is 0.142 e. The van der Waals surface area contributed by atoms with Crippen LogP contribution in [0.3, 0.4) is 0 Å². The summed E-state index contributed by atoms with van der Waals surface area (Å²) < 4.78 is 15.5. The lowest BCUT2D eigenvalue weighted by Gasteiger charge is -2.17. The molecule has 0 aliphatic heterocycles. The summed E-state index contributed by atoms with van der Waals surface area (Å²) in [5.74, 6) is -0.376. The molecule has 0 bridgehead atoms. The molecule has 1 aromatic heterocycles. The number of benzene rings is 1. The van der Waals surface area contributed by atoms with Gasteiger partial charge in [0.15, 0.2) is 0 Å². The quantitative estimate of drug-likeness (QED) is 0.915. The van der Waals surface area contributed by atoms with Crippen molar-refractivity contribution >= 4 is 11.6 Å². The highest BCUT2D eigenvalue weighted by atomic mass is 35.5. The molecule has 2 rings (SSSR count). The standard InChI is InChI=1S/C15H19ClFN3/c1-4-20-15(7-10(2)19-20)14(18-3)9-11-5-6-12(16)13(17)8-11/h5-8,14,18H,4,9H2,1-3H3. The molecule has 1 heterocycles. The second kappa shape index (κ2) is 6.37. The first-order valence-electron chi connectivity index (χ1n) is 6.70. The molecule has 0 amide bonds. The van der Waals surface area contributed by atoms with Gasteiger partial charge in [-0.2, -0.15) is 5.10 Å². The van der Waals surface area contributed by atoms with Gasteiger partial charge >= 0.3 is 0 Å². The largest absolute Gasteiger partial charge is 0.311 e. The number of aromatic nitrogens is 2. The normalized spacial score (nSPS) is 12.7. The molecule has 5 heteroatoms. The third-order valence-electron chi connectivity index (χ3n) is 3.36. The summed E-state index contributed by atoms with van der Waals surface area (Å²) in [6, 6.07) is 7.11. The average Bonchev–Trinajstić information content (AvgIpc) is 2.81. The summed E-state index contributed by atoms with van der Waals surface area (Å²) >= 11 is 5.71. The van der Waals surface area contributed by atoms with Gasteiger partial charge < -0.3 is 5.32 Å². The van der Waals surface area contributed by atoms with Gasteiger partial charge in [0.25, 0.3) is 0 Å². The molecule has 2 aromatic rings. The van der Waals surface area contributed by atoms with Crippen molar-refractivity contribution < 1.29 is 4.39 Å². The minimum absolute atomic E-state index is 0.0942. The van der Waals surface area contributed by atoms with Crippen LogP contribution in [0.25, 0.3) is 0 Å². The fourth-order valence-electron chi connectivity index (χ4n) is 2.36. The first kappa shape index (κ1) is 15.0. The van der Waals surface area contributed by atoms with Gasteiger partial charge in [0, 0.05) is 6.54 Å². The third-order valence-corrected chi connectivity index (χ3v) is 3.67. The van der Waals surface area contributed by atoms with Crippen molar-refractivity contribution in [2.24, 2.45) is 0 Å². The first-order valence-corrected chi connectivity index (χ1v) is 7.08. The summed E-state index contributed by atoms with van der Waals surface area (Å²) in [7, 11) is 1.90. The molecular weight excluding hydrogens is 277 g/mol. The first-order chi connectivity index (χ1) is 9.55. The Labute approximate surface area is 123 Å². The maximum atomic E-state index is 13.5. The number of aryl methyl sites for hydroxylation is 2. The molecular formula is C15H19ClFN3. The number of hydrogen-bond acceptors (Lipinski definition) is 2. The van der Waals surface area contributed by atoms with E-state index in [9.17, 15) is 4.39 Å². The van der Waals surface area contributed by atoms with E-state index in [-0.39, 0.29) is 16.9 Å². The molecule has 0 radical (unpaired) electrons. The number of rotatable bonds is 5. The topological polar surface area (TPSA) is 29.9 Å². The van der Waals surface area contributed by atoms with Crippen LogP contribution in [0.1, 0.15) is 29.9 Å². The van der Waals surface area contributed by atoms with Crippen molar-refractivity contribution in [2.45, 2.75) is 32.9 Å². The summed E-state index contributed by atoms with van der Waals surface area (Å²) in [5.41, 5.74) is 3.01. The second-order valence-electron chi connectivity index (χ2n) is 4.82. The Morgan fingerprint density at radius 1 is 1.40 bits per heavy atom. The van der Waals surface area contributed by atoms with Crippen molar-refractivity contribution in [3.8, 4) is 0 Å². The monoisotopic (exact) mass is 295 g/mol. The van der Waals surface area contributed by atoms with E-state index in [1.165, 1.54) is 6.07 Å². The van der Waals surface area contributed by atoms with Crippen LogP contribution in [0, 0.1) is 12.7 Å². The van der Waals surface area contributed by atoms with Crippen molar-refractivity contribution in [1.29, 1.82) is 0 Å². The zero-order valence-electron chi connectivity index (χ0n) is 12.0. The Morgan fingerprint density at radius 3 is 2.75 bits per heavy atom. The Balaban J connectivity index is 2.26. The molecule has 3 nitrogen and oxygen atoms in total. The molecule has 1 atom stereocenters. The van der Waals surface area contributed by atoms with E-state index in [2.05, 4.69) is 23.4 Å². The van der Waals surface area contributed by atoms with Gasteiger partial charge in [-0.1, -0.05) is 17.7 Å². The highest BCUT2D eigenvalue weighted by Gasteiger charge is 2.16. The fourth-order valence-corrected chi connectivity index (χ4v) is 2.47. The molecule has 0 saturated heterocycles. The highest BCUT2D eigenvalue weighted by Crippen LogP contribution is 2.22. The van der Waals surface area contributed by atoms with Gasteiger partial charge in [-0.15, -0.1) is 0 Å². The van der Waals surface area contributed by atoms with E-state index >= 15 is 0 Å². The minimum atomic E-state index is -0.376. The van der Waals surface area contributed by atoms with Crippen LogP contribution in [0.2, 0.25) is 5.02 Å². The van der Waals surface area contributed by atoms with Crippen LogP contribution in [-0.4, -0.2) is 16.8 Å². The summed E-state index contributed by atoms with van der Waals surface area (Å²) in [6.07, 6.45) is 0.690. The van der Waals surface area contributed by atoms with E-state index < -0.39 is 0 Å². The van der Waals surface area contributed by atoms with Crippen LogP contribution in [0.4, 0.5) is 4.39 Å². The summed E-state index contributed by atoms with van der Waals surface area (Å²) in [4.78, 5) is 0. The van der Waals surface area contributed by atoms with Gasteiger partial charge in [0.05, 0.1) is 22.5 Å². The van der Waals surface area contributed by atoms with Gasteiger partial charge in [0.1, 0.15) is 5.82 Å². The predicted octanol–water partition coefficient (Wildman–Crippen LogP) is 3.51. The molecule has 1 unspecified atom stereocenters. The number of hydrogen-bond donors (Lipinski definition) is 1. The van der Waals surface area contributed by atoms with Crippen LogP contribution in [0.5, 0.6) is 0 Å². The molecule has 20 heavy (non-hydrogen) atoms. The zero-order chi connectivity index (χ0) is 14.7. The van der Waals surface area contributed by atoms with Gasteiger partial charge in [-0.25, -0.2) is 4.39 Å². The fraction of sp³-hybridized carbons (Fsp3) is 0.400. The summed E-state index contributed by atoms with van der Waals surface area (Å²) in [5, 5.41) is 7.88. The van der Waals surface area contributed by atoms with Crippen molar-refractivity contribution in [3.05, 3.63) is 52.1 Å². The molecule has 108 valence electrons. The highest BCUT2D eigenvalue weighted by molar-refractivity contribution is 6.30. The predicted molar refractivity (Wildman–Crippen MR) is 79.6 cm³/mol. The van der Waals surface area contributed by atoms with E-state index in [1.807, 2.05) is 24.7 Å². The number of nitrogens with zero attached hydrogens (tertiary/aromatic N) is 2. The average molecular weight is 296 g/mol.